The van der Waals surface area contributed by atoms with Crippen LogP contribution in [0.2, 0.25) is 0 Å². The summed E-state index contributed by atoms with van der Waals surface area (Å²) >= 11 is 0. The van der Waals surface area contributed by atoms with E-state index >= 15 is 0 Å². The summed E-state index contributed by atoms with van der Waals surface area (Å²) in [5.41, 5.74) is 1.95. The van der Waals surface area contributed by atoms with E-state index in [0.717, 1.165) is 17.7 Å². The van der Waals surface area contributed by atoms with Crippen LogP contribution in [-0.4, -0.2) is 46.1 Å². The highest BCUT2D eigenvalue weighted by atomic mass is 19.4. The molecule has 0 heterocycles. The Kier molecular flexibility index (Phi) is 9.30. The largest absolute Gasteiger partial charge is 0.497 e. The number of guanidine groups is 1. The van der Waals surface area contributed by atoms with E-state index in [1.807, 2.05) is 31.2 Å². The molecule has 9 heteroatoms. The molecule has 0 amide bonds. The molecule has 0 unspecified atom stereocenters. The minimum Gasteiger partial charge on any atom is -0.497 e. The number of aliphatic imine (C=N–C) groups is 1. The van der Waals surface area contributed by atoms with Crippen molar-refractivity contribution in [1.29, 1.82) is 0 Å². The van der Waals surface area contributed by atoms with Crippen molar-refractivity contribution in [2.75, 3.05) is 33.9 Å². The van der Waals surface area contributed by atoms with Gasteiger partial charge in [0.15, 0.2) is 24.1 Å². The standard InChI is InChI=1S/C22H28F3N3O3/c1-4-26-21(27-12-11-16-5-8-18(29-2)9-6-16)28-14-17-7-10-19(20(13-17)30-3)31-15-22(23,24)25/h5-10,13H,4,11-12,14-15H2,1-3H3,(H2,26,27,28). The highest BCUT2D eigenvalue weighted by Crippen LogP contribution is 2.30. The normalized spacial score (nSPS) is 11.7. The van der Waals surface area contributed by atoms with Crippen molar-refractivity contribution in [3.05, 3.63) is 53.6 Å². The molecule has 6 nitrogen and oxygen atoms in total. The van der Waals surface area contributed by atoms with Crippen LogP contribution in [0.4, 0.5) is 13.2 Å². The minimum absolute atomic E-state index is 0.0390. The van der Waals surface area contributed by atoms with Crippen LogP contribution in [0.25, 0.3) is 0 Å². The Hall–Kier alpha value is -3.10. The quantitative estimate of drug-likeness (QED) is 0.434. The van der Waals surface area contributed by atoms with Gasteiger partial charge in [-0.05, 0) is 48.7 Å². The molecule has 0 aromatic heterocycles. The predicted octanol–water partition coefficient (Wildman–Crippen LogP) is 3.94. The molecule has 0 aliphatic rings. The molecule has 0 bridgehead atoms. The van der Waals surface area contributed by atoms with Crippen LogP contribution in [0, 0.1) is 0 Å². The van der Waals surface area contributed by atoms with Gasteiger partial charge in [-0.25, -0.2) is 4.99 Å². The van der Waals surface area contributed by atoms with Crippen LogP contribution in [-0.2, 0) is 13.0 Å². The fourth-order valence-corrected chi connectivity index (χ4v) is 2.72. The van der Waals surface area contributed by atoms with Crippen molar-refractivity contribution < 1.29 is 27.4 Å². The van der Waals surface area contributed by atoms with Gasteiger partial charge in [-0.15, -0.1) is 0 Å². The number of halogens is 3. The first-order chi connectivity index (χ1) is 14.8. The zero-order chi connectivity index (χ0) is 22.7. The third-order valence-electron chi connectivity index (χ3n) is 4.25. The van der Waals surface area contributed by atoms with Crippen molar-refractivity contribution in [3.8, 4) is 17.2 Å². The third kappa shape index (κ3) is 8.65. The number of methoxy groups -OCH3 is 2. The zero-order valence-electron chi connectivity index (χ0n) is 17.9. The van der Waals surface area contributed by atoms with Crippen molar-refractivity contribution in [1.82, 2.24) is 10.6 Å². The summed E-state index contributed by atoms with van der Waals surface area (Å²) in [6, 6.07) is 12.6. The van der Waals surface area contributed by atoms with Gasteiger partial charge in [0.1, 0.15) is 5.75 Å². The molecule has 170 valence electrons. The summed E-state index contributed by atoms with van der Waals surface area (Å²) in [6.07, 6.45) is -3.60. The summed E-state index contributed by atoms with van der Waals surface area (Å²) in [7, 11) is 3.02. The average Bonchev–Trinajstić information content (AvgIpc) is 2.76. The number of hydrogen-bond donors (Lipinski definition) is 2. The highest BCUT2D eigenvalue weighted by molar-refractivity contribution is 5.79. The van der Waals surface area contributed by atoms with E-state index in [0.29, 0.717) is 25.6 Å². The second-order valence-corrected chi connectivity index (χ2v) is 6.61. The Bertz CT molecular complexity index is 840. The van der Waals surface area contributed by atoms with E-state index < -0.39 is 12.8 Å². The Morgan fingerprint density at radius 2 is 1.65 bits per heavy atom. The average molecular weight is 439 g/mol. The number of hydrogen-bond acceptors (Lipinski definition) is 4. The molecule has 2 aromatic rings. The van der Waals surface area contributed by atoms with Gasteiger partial charge < -0.3 is 24.8 Å². The van der Waals surface area contributed by atoms with E-state index in [2.05, 4.69) is 15.6 Å². The van der Waals surface area contributed by atoms with E-state index in [4.69, 9.17) is 14.2 Å². The lowest BCUT2D eigenvalue weighted by atomic mass is 10.1. The van der Waals surface area contributed by atoms with E-state index in [9.17, 15) is 13.2 Å². The molecule has 0 atom stereocenters. The predicted molar refractivity (Wildman–Crippen MR) is 114 cm³/mol. The molecule has 2 rings (SSSR count). The van der Waals surface area contributed by atoms with Crippen LogP contribution in [0.1, 0.15) is 18.1 Å². The SMILES string of the molecule is CCNC(=NCc1ccc(OCC(F)(F)F)c(OC)c1)NCCc1ccc(OC)cc1. The van der Waals surface area contributed by atoms with Gasteiger partial charge in [0.05, 0.1) is 20.8 Å². The topological polar surface area (TPSA) is 64.1 Å². The van der Waals surface area contributed by atoms with Crippen LogP contribution in [0.15, 0.2) is 47.5 Å². The Morgan fingerprint density at radius 3 is 2.26 bits per heavy atom. The summed E-state index contributed by atoms with van der Waals surface area (Å²) in [6.45, 7) is 2.31. The van der Waals surface area contributed by atoms with E-state index in [-0.39, 0.29) is 11.5 Å². The lowest BCUT2D eigenvalue weighted by Gasteiger charge is -2.14. The molecular weight excluding hydrogens is 411 g/mol. The molecule has 0 fully saturated rings. The Labute approximate surface area is 180 Å². The van der Waals surface area contributed by atoms with Gasteiger partial charge in [0, 0.05) is 13.1 Å². The van der Waals surface area contributed by atoms with Gasteiger partial charge in [0.2, 0.25) is 0 Å². The first kappa shape index (κ1) is 24.2. The molecule has 0 spiro atoms. The van der Waals surface area contributed by atoms with Gasteiger partial charge in [-0.1, -0.05) is 18.2 Å². The van der Waals surface area contributed by atoms with Gasteiger partial charge >= 0.3 is 6.18 Å². The Morgan fingerprint density at radius 1 is 0.935 bits per heavy atom. The number of nitrogens with one attached hydrogen (secondary N) is 2. The molecule has 2 N–H and O–H groups in total. The van der Waals surface area contributed by atoms with Crippen molar-refractivity contribution in [2.45, 2.75) is 26.1 Å². The van der Waals surface area contributed by atoms with Gasteiger partial charge in [-0.2, -0.15) is 13.2 Å². The lowest BCUT2D eigenvalue weighted by molar-refractivity contribution is -0.153. The van der Waals surface area contributed by atoms with Crippen LogP contribution in [0.3, 0.4) is 0 Å². The monoisotopic (exact) mass is 439 g/mol. The molecule has 0 radical (unpaired) electrons. The van der Waals surface area contributed by atoms with Crippen LogP contribution in [0.5, 0.6) is 17.2 Å². The first-order valence-corrected chi connectivity index (χ1v) is 9.86. The number of nitrogens with zero attached hydrogens (tertiary/aromatic N) is 1. The second kappa shape index (κ2) is 11.9. The van der Waals surface area contributed by atoms with E-state index in [1.54, 1.807) is 19.2 Å². The molecule has 0 saturated heterocycles. The Balaban J connectivity index is 1.95. The molecule has 31 heavy (non-hydrogen) atoms. The summed E-state index contributed by atoms with van der Waals surface area (Å²) in [5, 5.41) is 6.44. The van der Waals surface area contributed by atoms with E-state index in [1.165, 1.54) is 18.7 Å². The highest BCUT2D eigenvalue weighted by Gasteiger charge is 2.29. The van der Waals surface area contributed by atoms with Gasteiger partial charge in [-0.3, -0.25) is 0 Å². The lowest BCUT2D eigenvalue weighted by Crippen LogP contribution is -2.38. The summed E-state index contributed by atoms with van der Waals surface area (Å²) in [5.74, 6) is 1.73. The zero-order valence-corrected chi connectivity index (χ0v) is 17.9. The number of ether oxygens (including phenoxy) is 3. The van der Waals surface area contributed by atoms with Crippen LogP contribution >= 0.6 is 0 Å². The number of benzene rings is 2. The molecular formula is C22H28F3N3O3. The smallest absolute Gasteiger partial charge is 0.422 e. The fraction of sp³-hybridized carbons (Fsp3) is 0.409. The number of alkyl halides is 3. The van der Waals surface area contributed by atoms with Crippen molar-refractivity contribution >= 4 is 5.96 Å². The fourth-order valence-electron chi connectivity index (χ4n) is 2.72. The number of rotatable bonds is 10. The third-order valence-corrected chi connectivity index (χ3v) is 4.25. The second-order valence-electron chi connectivity index (χ2n) is 6.61. The summed E-state index contributed by atoms with van der Waals surface area (Å²) in [4.78, 5) is 4.53. The maximum atomic E-state index is 12.4. The maximum absolute atomic E-state index is 12.4. The van der Waals surface area contributed by atoms with Gasteiger partial charge in [0.25, 0.3) is 0 Å². The first-order valence-electron chi connectivity index (χ1n) is 9.86. The minimum atomic E-state index is -4.41. The molecule has 2 aromatic carbocycles. The maximum Gasteiger partial charge on any atom is 0.422 e. The van der Waals surface area contributed by atoms with Crippen molar-refractivity contribution in [2.24, 2.45) is 4.99 Å². The molecule has 0 aliphatic heterocycles. The van der Waals surface area contributed by atoms with Crippen molar-refractivity contribution in [3.63, 3.8) is 0 Å². The molecule has 0 aliphatic carbocycles. The summed E-state index contributed by atoms with van der Waals surface area (Å²) < 4.78 is 52.3. The molecule has 0 saturated carbocycles. The van der Waals surface area contributed by atoms with Crippen LogP contribution < -0.4 is 24.8 Å².